The molecule has 1 amide bonds. The molecule has 1 atom stereocenters. The fraction of sp³-hybridized carbons (Fsp3) is 0.200. The van der Waals surface area contributed by atoms with Crippen molar-refractivity contribution in [3.8, 4) is 11.5 Å². The van der Waals surface area contributed by atoms with Crippen molar-refractivity contribution in [1.29, 1.82) is 0 Å². The van der Waals surface area contributed by atoms with Gasteiger partial charge in [0, 0.05) is 15.7 Å². The summed E-state index contributed by atoms with van der Waals surface area (Å²) in [6.45, 7) is 3.73. The van der Waals surface area contributed by atoms with Gasteiger partial charge in [-0.25, -0.2) is 10.2 Å². The van der Waals surface area contributed by atoms with E-state index in [1.807, 2.05) is 24.3 Å². The number of ether oxygens (including phenoxy) is 3. The highest BCUT2D eigenvalue weighted by atomic mass is 79.9. The Kier molecular flexibility index (Phi) is 11.6. The van der Waals surface area contributed by atoms with Crippen LogP contribution in [0.15, 0.2) is 86.0 Å². The molecule has 1 aliphatic heterocycles. The molecule has 3 N–H and O–H groups in total. The van der Waals surface area contributed by atoms with Gasteiger partial charge in [-0.3, -0.25) is 4.79 Å². The third-order valence-corrected chi connectivity index (χ3v) is 7.69. The SMILES string of the molecule is CCOC(=O)C1=C(C)NC(=S)N[C@@H]1c1ccccc1OCC(=O)NN=Cc1cc(Cl)c(OCc2ccc(Br)cc2)c(Br)c1. The maximum Gasteiger partial charge on any atom is 0.338 e. The zero-order valence-corrected chi connectivity index (χ0v) is 27.8. The largest absolute Gasteiger partial charge is 0.486 e. The molecule has 4 rings (SSSR count). The topological polar surface area (TPSA) is 110 Å². The van der Waals surface area contributed by atoms with E-state index in [1.54, 1.807) is 50.2 Å². The van der Waals surface area contributed by atoms with Crippen molar-refractivity contribution in [1.82, 2.24) is 16.1 Å². The van der Waals surface area contributed by atoms with Gasteiger partial charge in [0.1, 0.15) is 12.4 Å². The molecule has 0 saturated heterocycles. The van der Waals surface area contributed by atoms with Gasteiger partial charge in [0.15, 0.2) is 17.5 Å². The maximum absolute atomic E-state index is 12.7. The van der Waals surface area contributed by atoms with Crippen LogP contribution in [0.1, 0.15) is 36.6 Å². The first kappa shape index (κ1) is 32.5. The minimum Gasteiger partial charge on any atom is -0.486 e. The number of allylic oxidation sites excluding steroid dienone is 1. The van der Waals surface area contributed by atoms with Crippen LogP contribution in [0.3, 0.4) is 0 Å². The number of amides is 1. The fourth-order valence-electron chi connectivity index (χ4n) is 4.14. The number of hydrazone groups is 1. The predicted molar refractivity (Wildman–Crippen MR) is 176 cm³/mol. The van der Waals surface area contributed by atoms with Crippen LogP contribution in [-0.2, 0) is 20.9 Å². The van der Waals surface area contributed by atoms with Crippen LogP contribution >= 0.6 is 55.7 Å². The zero-order valence-electron chi connectivity index (χ0n) is 23.1. The Balaban J connectivity index is 1.37. The highest BCUT2D eigenvalue weighted by molar-refractivity contribution is 9.10. The monoisotopic (exact) mass is 748 g/mol. The minimum atomic E-state index is -0.630. The number of carbonyl (C=O) groups is 2. The van der Waals surface area contributed by atoms with Gasteiger partial charge >= 0.3 is 5.97 Å². The first-order valence-electron chi connectivity index (χ1n) is 13.0. The summed E-state index contributed by atoms with van der Waals surface area (Å²) >= 11 is 18.7. The van der Waals surface area contributed by atoms with Gasteiger partial charge in [-0.1, -0.05) is 57.9 Å². The lowest BCUT2D eigenvalue weighted by Gasteiger charge is -2.30. The molecule has 13 heteroatoms. The van der Waals surface area contributed by atoms with E-state index in [0.29, 0.717) is 55.1 Å². The smallest absolute Gasteiger partial charge is 0.338 e. The average molecular weight is 751 g/mol. The summed E-state index contributed by atoms with van der Waals surface area (Å²) in [6, 6.07) is 17.7. The molecule has 0 unspecified atom stereocenters. The number of halogens is 3. The Hall–Kier alpha value is -3.45. The van der Waals surface area contributed by atoms with Crippen molar-refractivity contribution in [2.24, 2.45) is 5.10 Å². The van der Waals surface area contributed by atoms with E-state index in [1.165, 1.54) is 6.21 Å². The molecule has 3 aromatic carbocycles. The number of nitrogens with zero attached hydrogens (tertiary/aromatic N) is 1. The second kappa shape index (κ2) is 15.3. The van der Waals surface area contributed by atoms with E-state index in [0.717, 1.165) is 10.0 Å². The standard InChI is InChI=1S/C30H27Br2ClN4O5S/c1-3-40-29(39)26-17(2)35-30(43)36-27(26)21-6-4-5-7-24(21)41-16-25(38)37-34-14-19-12-22(32)28(23(33)13-19)42-15-18-8-10-20(31)11-9-18/h4-14,27H,3,15-16H2,1-2H3,(H,37,38)(H2,35,36,43)/t27-/m1/s1. The molecule has 9 nitrogen and oxygen atoms in total. The van der Waals surface area contributed by atoms with E-state index >= 15 is 0 Å². The van der Waals surface area contributed by atoms with Gasteiger partial charge in [0.05, 0.1) is 33.9 Å². The molecule has 0 fully saturated rings. The van der Waals surface area contributed by atoms with E-state index < -0.39 is 17.9 Å². The number of esters is 1. The third-order valence-electron chi connectivity index (χ3n) is 6.07. The molecule has 0 aromatic heterocycles. The molecule has 0 spiro atoms. The van der Waals surface area contributed by atoms with Gasteiger partial charge in [-0.05, 0) is 83.5 Å². The first-order chi connectivity index (χ1) is 20.7. The Labute approximate surface area is 276 Å². The quantitative estimate of drug-likeness (QED) is 0.0904. The number of para-hydroxylation sites is 1. The Morgan fingerprint density at radius 2 is 1.86 bits per heavy atom. The number of hydrogen-bond donors (Lipinski definition) is 3. The second-order valence-corrected chi connectivity index (χ2v) is 11.7. The summed E-state index contributed by atoms with van der Waals surface area (Å²) < 4.78 is 18.6. The van der Waals surface area contributed by atoms with E-state index in [4.69, 9.17) is 38.0 Å². The average Bonchev–Trinajstić information content (AvgIpc) is 2.96. The van der Waals surface area contributed by atoms with Crippen LogP contribution in [0.4, 0.5) is 0 Å². The summed E-state index contributed by atoms with van der Waals surface area (Å²) in [5.41, 5.74) is 5.64. The lowest BCUT2D eigenvalue weighted by molar-refractivity contribution is -0.139. The van der Waals surface area contributed by atoms with Crippen LogP contribution < -0.4 is 25.5 Å². The Bertz CT molecular complexity index is 1560. The summed E-state index contributed by atoms with van der Waals surface area (Å²) in [4.78, 5) is 25.3. The van der Waals surface area contributed by atoms with Gasteiger partial charge < -0.3 is 24.8 Å². The molecular formula is C30H27Br2ClN4O5S. The number of nitrogens with one attached hydrogen (secondary N) is 3. The number of carbonyl (C=O) groups excluding carboxylic acids is 2. The highest BCUT2D eigenvalue weighted by Gasteiger charge is 2.32. The molecule has 0 aliphatic carbocycles. The van der Waals surface area contributed by atoms with Gasteiger partial charge in [0.25, 0.3) is 5.91 Å². The molecule has 0 bridgehead atoms. The fourth-order valence-corrected chi connectivity index (χ4v) is 5.66. The van der Waals surface area contributed by atoms with E-state index in [-0.39, 0.29) is 13.2 Å². The van der Waals surface area contributed by atoms with Crippen LogP contribution in [-0.4, -0.2) is 36.4 Å². The predicted octanol–water partition coefficient (Wildman–Crippen LogP) is 6.33. The number of rotatable bonds is 11. The lowest BCUT2D eigenvalue weighted by Crippen LogP contribution is -2.45. The Morgan fingerprint density at radius 1 is 1.12 bits per heavy atom. The van der Waals surface area contributed by atoms with Crippen molar-refractivity contribution in [3.05, 3.63) is 103 Å². The Morgan fingerprint density at radius 3 is 2.58 bits per heavy atom. The summed E-state index contributed by atoms with van der Waals surface area (Å²) in [7, 11) is 0. The van der Waals surface area contributed by atoms with Crippen molar-refractivity contribution >= 4 is 78.9 Å². The normalized spacial score (nSPS) is 14.6. The number of hydrogen-bond acceptors (Lipinski definition) is 7. The molecule has 1 aliphatic rings. The molecule has 0 saturated carbocycles. The van der Waals surface area contributed by atoms with Crippen LogP contribution in [0.25, 0.3) is 0 Å². The molecule has 3 aromatic rings. The molecule has 1 heterocycles. The molecular weight excluding hydrogens is 724 g/mol. The van der Waals surface area contributed by atoms with Crippen molar-refractivity contribution in [2.45, 2.75) is 26.5 Å². The van der Waals surface area contributed by atoms with E-state index in [9.17, 15) is 9.59 Å². The molecule has 0 radical (unpaired) electrons. The lowest BCUT2D eigenvalue weighted by atomic mass is 9.95. The van der Waals surface area contributed by atoms with Gasteiger partial charge in [-0.15, -0.1) is 0 Å². The zero-order chi connectivity index (χ0) is 30.9. The van der Waals surface area contributed by atoms with Crippen molar-refractivity contribution in [2.75, 3.05) is 13.2 Å². The van der Waals surface area contributed by atoms with Crippen molar-refractivity contribution in [3.63, 3.8) is 0 Å². The maximum atomic E-state index is 12.7. The summed E-state index contributed by atoms with van der Waals surface area (Å²) in [5, 5.41) is 10.8. The second-order valence-electron chi connectivity index (χ2n) is 9.14. The number of thiocarbonyl (C=S) groups is 1. The number of benzene rings is 3. The van der Waals surface area contributed by atoms with E-state index in [2.05, 4.69) is 53.0 Å². The summed E-state index contributed by atoms with van der Waals surface area (Å²) in [6.07, 6.45) is 1.46. The summed E-state index contributed by atoms with van der Waals surface area (Å²) in [5.74, 6) is -0.0760. The third kappa shape index (κ3) is 8.79. The van der Waals surface area contributed by atoms with Crippen LogP contribution in [0.5, 0.6) is 11.5 Å². The first-order valence-corrected chi connectivity index (χ1v) is 15.4. The molecule has 224 valence electrons. The minimum absolute atomic E-state index is 0.222. The molecule has 43 heavy (non-hydrogen) atoms. The van der Waals surface area contributed by atoms with Gasteiger partial charge in [-0.2, -0.15) is 5.10 Å². The van der Waals surface area contributed by atoms with Gasteiger partial charge in [0.2, 0.25) is 0 Å². The highest BCUT2D eigenvalue weighted by Crippen LogP contribution is 2.35. The van der Waals surface area contributed by atoms with Crippen LogP contribution in [0.2, 0.25) is 5.02 Å². The van der Waals surface area contributed by atoms with Crippen molar-refractivity contribution < 1.29 is 23.8 Å². The van der Waals surface area contributed by atoms with Crippen LogP contribution in [0, 0.1) is 0 Å².